The van der Waals surface area contributed by atoms with Gasteiger partial charge in [-0.25, -0.2) is 0 Å². The highest BCUT2D eigenvalue weighted by Gasteiger charge is 2.24. The van der Waals surface area contributed by atoms with Crippen LogP contribution in [0.3, 0.4) is 0 Å². The van der Waals surface area contributed by atoms with Crippen LogP contribution in [-0.4, -0.2) is 5.78 Å². The van der Waals surface area contributed by atoms with E-state index in [1.807, 2.05) is 12.1 Å². The molecule has 0 spiro atoms. The van der Waals surface area contributed by atoms with Gasteiger partial charge in [-0.3, -0.25) is 4.79 Å². The van der Waals surface area contributed by atoms with Gasteiger partial charge in [-0.2, -0.15) is 5.26 Å². The minimum atomic E-state index is -0.976. The Morgan fingerprint density at radius 3 is 2.24 bits per heavy atom. The van der Waals surface area contributed by atoms with E-state index >= 15 is 0 Å². The topological polar surface area (TPSA) is 40.9 Å². The fourth-order valence-electron chi connectivity index (χ4n) is 1.87. The summed E-state index contributed by atoms with van der Waals surface area (Å²) in [4.78, 5) is 12.6. The van der Waals surface area contributed by atoms with Gasteiger partial charge in [-0.05, 0) is 35.9 Å². The van der Waals surface area contributed by atoms with Crippen molar-refractivity contribution in [2.24, 2.45) is 0 Å². The first-order chi connectivity index (χ1) is 9.92. The van der Waals surface area contributed by atoms with Gasteiger partial charge in [0.25, 0.3) is 0 Å². The molecule has 6 heteroatoms. The van der Waals surface area contributed by atoms with Crippen LogP contribution < -0.4 is 0 Å². The Morgan fingerprint density at radius 1 is 1.10 bits per heavy atom. The second kappa shape index (κ2) is 6.93. The Morgan fingerprint density at radius 2 is 1.71 bits per heavy atom. The fraction of sp³-hybridized carbons (Fsp3) is 0.0667. The molecule has 106 valence electrons. The first kappa shape index (κ1) is 16.5. The molecule has 1 atom stereocenters. The quantitative estimate of drug-likeness (QED) is 0.541. The molecule has 0 fully saturated rings. The van der Waals surface area contributed by atoms with E-state index in [0.717, 1.165) is 8.95 Å². The molecular formula is C15H7Br2Cl2NO. The number of carbonyl (C=O) groups is 1. The monoisotopic (exact) mass is 445 g/mol. The maximum absolute atomic E-state index is 12.6. The van der Waals surface area contributed by atoms with Crippen LogP contribution in [0.2, 0.25) is 10.0 Å². The number of ketones is 1. The third kappa shape index (κ3) is 3.87. The molecule has 0 aliphatic carbocycles. The average molecular weight is 448 g/mol. The van der Waals surface area contributed by atoms with E-state index in [4.69, 9.17) is 23.2 Å². The zero-order valence-electron chi connectivity index (χ0n) is 10.4. The molecule has 2 aromatic carbocycles. The van der Waals surface area contributed by atoms with E-state index in [2.05, 4.69) is 31.9 Å². The molecule has 0 N–H and O–H groups in total. The van der Waals surface area contributed by atoms with Crippen molar-refractivity contribution in [1.82, 2.24) is 0 Å². The second-order valence-corrected chi connectivity index (χ2v) is 6.93. The molecule has 2 nitrogen and oxygen atoms in total. The number of hydrogen-bond donors (Lipinski definition) is 0. The van der Waals surface area contributed by atoms with E-state index in [-0.39, 0.29) is 5.78 Å². The minimum Gasteiger partial charge on any atom is -0.292 e. The van der Waals surface area contributed by atoms with Crippen LogP contribution in [0.1, 0.15) is 21.8 Å². The van der Waals surface area contributed by atoms with E-state index in [1.165, 1.54) is 6.07 Å². The van der Waals surface area contributed by atoms with Gasteiger partial charge in [-0.1, -0.05) is 61.1 Å². The van der Waals surface area contributed by atoms with Crippen molar-refractivity contribution >= 4 is 60.8 Å². The third-order valence-electron chi connectivity index (χ3n) is 2.81. The smallest absolute Gasteiger partial charge is 0.184 e. The molecule has 2 aromatic rings. The Kier molecular flexibility index (Phi) is 5.45. The van der Waals surface area contributed by atoms with Crippen LogP contribution in [0, 0.1) is 11.3 Å². The summed E-state index contributed by atoms with van der Waals surface area (Å²) in [6, 6.07) is 11.9. The summed E-state index contributed by atoms with van der Waals surface area (Å²) in [6.07, 6.45) is 0. The average Bonchev–Trinajstić information content (AvgIpc) is 2.40. The molecular weight excluding hydrogens is 441 g/mol. The first-order valence-corrected chi connectivity index (χ1v) is 8.11. The van der Waals surface area contributed by atoms with Crippen molar-refractivity contribution in [2.45, 2.75) is 5.92 Å². The number of nitriles is 1. The van der Waals surface area contributed by atoms with Crippen LogP contribution in [0.25, 0.3) is 0 Å². The predicted octanol–water partition coefficient (Wildman–Crippen LogP) is 6.01. The summed E-state index contributed by atoms with van der Waals surface area (Å²) >= 11 is 18.6. The van der Waals surface area contributed by atoms with Crippen LogP contribution in [0.4, 0.5) is 0 Å². The summed E-state index contributed by atoms with van der Waals surface area (Å²) in [5.74, 6) is -1.29. The Balaban J connectivity index is 2.46. The number of halogens is 4. The highest BCUT2D eigenvalue weighted by molar-refractivity contribution is 9.11. The van der Waals surface area contributed by atoms with Crippen molar-refractivity contribution in [2.75, 3.05) is 0 Å². The molecule has 0 aliphatic rings. The predicted molar refractivity (Wildman–Crippen MR) is 91.0 cm³/mol. The molecule has 0 saturated heterocycles. The van der Waals surface area contributed by atoms with E-state index in [0.29, 0.717) is 21.2 Å². The van der Waals surface area contributed by atoms with Crippen molar-refractivity contribution in [1.29, 1.82) is 5.26 Å². The first-order valence-electron chi connectivity index (χ1n) is 5.77. The Bertz CT molecular complexity index is 736. The number of benzene rings is 2. The summed E-state index contributed by atoms with van der Waals surface area (Å²) in [5.41, 5.74) is 0.874. The van der Waals surface area contributed by atoms with Gasteiger partial charge in [0, 0.05) is 24.6 Å². The van der Waals surface area contributed by atoms with Gasteiger partial charge in [0.05, 0.1) is 6.07 Å². The van der Waals surface area contributed by atoms with Gasteiger partial charge in [0.15, 0.2) is 5.78 Å². The second-order valence-electron chi connectivity index (χ2n) is 4.25. The minimum absolute atomic E-state index is 0.302. The van der Waals surface area contributed by atoms with Gasteiger partial charge in [-0.15, -0.1) is 0 Å². The SMILES string of the molecule is N#CC(C(=O)c1cc(Br)cc(Br)c1)c1ccc(Cl)cc1Cl. The molecule has 21 heavy (non-hydrogen) atoms. The number of nitrogens with zero attached hydrogens (tertiary/aromatic N) is 1. The number of carbonyl (C=O) groups excluding carboxylic acids is 1. The number of rotatable bonds is 3. The van der Waals surface area contributed by atoms with Crippen molar-refractivity contribution in [3.8, 4) is 6.07 Å². The molecule has 0 radical (unpaired) electrons. The maximum Gasteiger partial charge on any atom is 0.184 e. The number of Topliss-reactive ketones (excluding diaryl/α,β-unsaturated/α-hetero) is 1. The lowest BCUT2D eigenvalue weighted by molar-refractivity contribution is 0.0978. The maximum atomic E-state index is 12.6. The summed E-state index contributed by atoms with van der Waals surface area (Å²) in [7, 11) is 0. The summed E-state index contributed by atoms with van der Waals surface area (Å²) in [5, 5.41) is 10.1. The zero-order chi connectivity index (χ0) is 15.6. The normalized spacial score (nSPS) is 11.8. The fourth-order valence-corrected chi connectivity index (χ4v) is 3.68. The molecule has 2 rings (SSSR count). The van der Waals surface area contributed by atoms with Gasteiger partial charge in [0.2, 0.25) is 0 Å². The lowest BCUT2D eigenvalue weighted by atomic mass is 9.92. The van der Waals surface area contributed by atoms with Crippen molar-refractivity contribution in [3.05, 3.63) is 66.5 Å². The number of hydrogen-bond acceptors (Lipinski definition) is 2. The molecule has 0 aliphatic heterocycles. The molecule has 1 unspecified atom stereocenters. The van der Waals surface area contributed by atoms with E-state index in [1.54, 1.807) is 24.3 Å². The van der Waals surface area contributed by atoms with Gasteiger partial charge < -0.3 is 0 Å². The van der Waals surface area contributed by atoms with Crippen molar-refractivity contribution < 1.29 is 4.79 Å². The van der Waals surface area contributed by atoms with Crippen LogP contribution in [0.15, 0.2) is 45.3 Å². The molecule has 0 aromatic heterocycles. The summed E-state index contributed by atoms with van der Waals surface area (Å²) < 4.78 is 1.50. The molecule has 0 heterocycles. The van der Waals surface area contributed by atoms with E-state index in [9.17, 15) is 10.1 Å². The van der Waals surface area contributed by atoms with Crippen molar-refractivity contribution in [3.63, 3.8) is 0 Å². The Hall–Kier alpha value is -0.860. The molecule has 0 saturated carbocycles. The standard InChI is InChI=1S/C15H7Br2Cl2NO/c16-9-3-8(4-10(17)5-9)15(21)13(7-20)12-2-1-11(18)6-14(12)19/h1-6,13H. The lowest BCUT2D eigenvalue weighted by Gasteiger charge is -2.11. The summed E-state index contributed by atoms with van der Waals surface area (Å²) in [6.45, 7) is 0. The van der Waals surface area contributed by atoms with Gasteiger partial charge in [0.1, 0.15) is 5.92 Å². The zero-order valence-corrected chi connectivity index (χ0v) is 15.1. The van der Waals surface area contributed by atoms with Crippen LogP contribution in [0.5, 0.6) is 0 Å². The van der Waals surface area contributed by atoms with Crippen LogP contribution >= 0.6 is 55.1 Å². The van der Waals surface area contributed by atoms with Gasteiger partial charge >= 0.3 is 0 Å². The highest BCUT2D eigenvalue weighted by Crippen LogP contribution is 2.31. The Labute approximate surface area is 148 Å². The molecule has 0 amide bonds. The molecule has 0 bridgehead atoms. The van der Waals surface area contributed by atoms with E-state index < -0.39 is 5.92 Å². The largest absolute Gasteiger partial charge is 0.292 e. The lowest BCUT2D eigenvalue weighted by Crippen LogP contribution is -2.12. The highest BCUT2D eigenvalue weighted by atomic mass is 79.9. The van der Waals surface area contributed by atoms with Crippen LogP contribution in [-0.2, 0) is 0 Å². The third-order valence-corrected chi connectivity index (χ3v) is 4.29.